The maximum atomic E-state index is 13.7. The molecule has 0 amide bonds. The first-order valence-corrected chi connectivity index (χ1v) is 6.89. The lowest BCUT2D eigenvalue weighted by Crippen LogP contribution is -2.11. The molecule has 0 aliphatic rings. The molecule has 0 fully saturated rings. The smallest absolute Gasteiger partial charge is 0.146 e. The molecule has 0 unspecified atom stereocenters. The van der Waals surface area contributed by atoms with Crippen LogP contribution in [0.1, 0.15) is 16.7 Å². The number of benzene rings is 2. The average Bonchev–Trinajstić information content (AvgIpc) is 2.43. The molecule has 0 spiro atoms. The van der Waals surface area contributed by atoms with Crippen molar-refractivity contribution < 1.29 is 4.39 Å². The highest BCUT2D eigenvalue weighted by Gasteiger charge is 2.08. The van der Waals surface area contributed by atoms with Gasteiger partial charge in [-0.25, -0.2) is 4.39 Å². The molecule has 2 aromatic rings. The summed E-state index contributed by atoms with van der Waals surface area (Å²) in [6, 6.07) is 11.2. The zero-order valence-corrected chi connectivity index (χ0v) is 13.0. The maximum Gasteiger partial charge on any atom is 0.146 e. The summed E-state index contributed by atoms with van der Waals surface area (Å²) in [4.78, 5) is 1.75. The molecule has 0 heterocycles. The van der Waals surface area contributed by atoms with Gasteiger partial charge in [0.15, 0.2) is 0 Å². The molecule has 0 aliphatic heterocycles. The van der Waals surface area contributed by atoms with E-state index in [1.165, 1.54) is 17.2 Å². The van der Waals surface area contributed by atoms with Crippen LogP contribution in [-0.4, -0.2) is 14.1 Å². The van der Waals surface area contributed by atoms with Gasteiger partial charge in [0.1, 0.15) is 5.82 Å². The Bertz CT molecular complexity index is 675. The van der Waals surface area contributed by atoms with Gasteiger partial charge in [-0.3, -0.25) is 0 Å². The van der Waals surface area contributed by atoms with Gasteiger partial charge in [0.05, 0.1) is 5.69 Å². The Morgan fingerprint density at radius 2 is 1.76 bits per heavy atom. The third kappa shape index (κ3) is 3.43. The molecule has 2 aromatic carbocycles. The SMILES string of the molecule is C=C(Nc1ccc(C)c(C)c1)c1ccc(F)c(N(C)C)c1. The molecule has 1 N–H and O–H groups in total. The lowest BCUT2D eigenvalue weighted by atomic mass is 10.1. The topological polar surface area (TPSA) is 15.3 Å². The van der Waals surface area contributed by atoms with Crippen molar-refractivity contribution in [1.29, 1.82) is 0 Å². The lowest BCUT2D eigenvalue weighted by Gasteiger charge is -2.17. The summed E-state index contributed by atoms with van der Waals surface area (Å²) in [7, 11) is 3.64. The minimum Gasteiger partial charge on any atom is -0.375 e. The Hall–Kier alpha value is -2.29. The molecular weight excluding hydrogens is 263 g/mol. The molecule has 0 aromatic heterocycles. The van der Waals surface area contributed by atoms with E-state index in [-0.39, 0.29) is 5.82 Å². The van der Waals surface area contributed by atoms with Crippen LogP contribution in [0.25, 0.3) is 5.70 Å². The van der Waals surface area contributed by atoms with E-state index in [1.807, 2.05) is 20.2 Å². The highest BCUT2D eigenvalue weighted by molar-refractivity contribution is 5.77. The van der Waals surface area contributed by atoms with Gasteiger partial charge in [-0.15, -0.1) is 0 Å². The molecule has 2 rings (SSSR count). The standard InChI is InChI=1S/C18H21FN2/c1-12-6-8-16(10-13(12)2)20-14(3)15-7-9-17(19)18(11-15)21(4)5/h6-11,20H,3H2,1-2,4-5H3. The Labute approximate surface area is 125 Å². The van der Waals surface area contributed by atoms with Crippen molar-refractivity contribution in [3.63, 3.8) is 0 Å². The zero-order chi connectivity index (χ0) is 15.6. The average molecular weight is 284 g/mol. The van der Waals surface area contributed by atoms with Gasteiger partial charge in [-0.2, -0.15) is 0 Å². The summed E-state index contributed by atoms with van der Waals surface area (Å²) < 4.78 is 13.7. The first-order chi connectivity index (χ1) is 9.88. The number of aryl methyl sites for hydroxylation is 2. The van der Waals surface area contributed by atoms with Crippen molar-refractivity contribution in [2.45, 2.75) is 13.8 Å². The van der Waals surface area contributed by atoms with Gasteiger partial charge in [-0.1, -0.05) is 12.6 Å². The van der Waals surface area contributed by atoms with E-state index < -0.39 is 0 Å². The summed E-state index contributed by atoms with van der Waals surface area (Å²) >= 11 is 0. The summed E-state index contributed by atoms with van der Waals surface area (Å²) in [6.45, 7) is 8.21. The molecule has 21 heavy (non-hydrogen) atoms. The van der Waals surface area contributed by atoms with Gasteiger partial charge in [0.25, 0.3) is 0 Å². The van der Waals surface area contributed by atoms with E-state index in [1.54, 1.807) is 17.0 Å². The van der Waals surface area contributed by atoms with Crippen molar-refractivity contribution in [1.82, 2.24) is 0 Å². The Morgan fingerprint density at radius 3 is 2.38 bits per heavy atom. The fraction of sp³-hybridized carbons (Fsp3) is 0.222. The monoisotopic (exact) mass is 284 g/mol. The van der Waals surface area contributed by atoms with Crippen molar-refractivity contribution in [2.75, 3.05) is 24.3 Å². The van der Waals surface area contributed by atoms with E-state index in [0.29, 0.717) is 5.69 Å². The molecule has 0 aliphatic carbocycles. The van der Waals surface area contributed by atoms with Gasteiger partial charge in [-0.05, 0) is 60.9 Å². The predicted molar refractivity (Wildman–Crippen MR) is 89.3 cm³/mol. The van der Waals surface area contributed by atoms with Crippen LogP contribution in [0, 0.1) is 19.7 Å². The lowest BCUT2D eigenvalue weighted by molar-refractivity contribution is 0.626. The normalized spacial score (nSPS) is 10.3. The third-order valence-corrected chi connectivity index (χ3v) is 3.58. The molecule has 0 atom stereocenters. The minimum absolute atomic E-state index is 0.234. The van der Waals surface area contributed by atoms with Crippen molar-refractivity contribution >= 4 is 17.1 Å². The number of hydrogen-bond acceptors (Lipinski definition) is 2. The molecule has 2 nitrogen and oxygen atoms in total. The summed E-state index contributed by atoms with van der Waals surface area (Å²) in [5.74, 6) is -0.234. The number of nitrogens with one attached hydrogen (secondary N) is 1. The molecule has 0 radical (unpaired) electrons. The predicted octanol–water partition coefficient (Wildman–Crippen LogP) is 4.59. The van der Waals surface area contributed by atoms with Crippen molar-refractivity contribution in [2.24, 2.45) is 0 Å². The van der Waals surface area contributed by atoms with E-state index >= 15 is 0 Å². The molecule has 3 heteroatoms. The van der Waals surface area contributed by atoms with Crippen molar-refractivity contribution in [3.8, 4) is 0 Å². The fourth-order valence-corrected chi connectivity index (χ4v) is 2.11. The fourth-order valence-electron chi connectivity index (χ4n) is 2.11. The Balaban J connectivity index is 2.24. The number of hydrogen-bond donors (Lipinski definition) is 1. The summed E-state index contributed by atoms with van der Waals surface area (Å²) in [5.41, 5.74) is 5.64. The van der Waals surface area contributed by atoms with E-state index in [4.69, 9.17) is 0 Å². The van der Waals surface area contributed by atoms with Crippen LogP contribution in [0.4, 0.5) is 15.8 Å². The Morgan fingerprint density at radius 1 is 1.05 bits per heavy atom. The number of anilines is 2. The maximum absolute atomic E-state index is 13.7. The highest BCUT2D eigenvalue weighted by atomic mass is 19.1. The first kappa shape index (κ1) is 15.1. The summed E-state index contributed by atoms with van der Waals surface area (Å²) in [6.07, 6.45) is 0. The van der Waals surface area contributed by atoms with Crippen LogP contribution in [0.5, 0.6) is 0 Å². The minimum atomic E-state index is -0.234. The molecular formula is C18H21FN2. The molecule has 0 saturated heterocycles. The van der Waals surface area contributed by atoms with Crippen LogP contribution in [0.2, 0.25) is 0 Å². The third-order valence-electron chi connectivity index (χ3n) is 3.58. The van der Waals surface area contributed by atoms with Gasteiger partial charge < -0.3 is 10.2 Å². The van der Waals surface area contributed by atoms with Crippen molar-refractivity contribution in [3.05, 3.63) is 65.5 Å². The van der Waals surface area contributed by atoms with E-state index in [9.17, 15) is 4.39 Å². The van der Waals surface area contributed by atoms with Crippen LogP contribution >= 0.6 is 0 Å². The molecule has 0 saturated carbocycles. The van der Waals surface area contributed by atoms with E-state index in [0.717, 1.165) is 16.9 Å². The molecule has 0 bridgehead atoms. The van der Waals surface area contributed by atoms with Crippen LogP contribution in [-0.2, 0) is 0 Å². The van der Waals surface area contributed by atoms with Crippen LogP contribution in [0.3, 0.4) is 0 Å². The largest absolute Gasteiger partial charge is 0.375 e. The number of nitrogens with zero attached hydrogens (tertiary/aromatic N) is 1. The second-order valence-corrected chi connectivity index (χ2v) is 5.46. The number of halogens is 1. The van der Waals surface area contributed by atoms with Gasteiger partial charge >= 0.3 is 0 Å². The highest BCUT2D eigenvalue weighted by Crippen LogP contribution is 2.24. The number of rotatable bonds is 4. The van der Waals surface area contributed by atoms with Gasteiger partial charge in [0.2, 0.25) is 0 Å². The molecule has 110 valence electrons. The van der Waals surface area contributed by atoms with Gasteiger partial charge in [0, 0.05) is 25.5 Å². The Kier molecular flexibility index (Phi) is 4.32. The second-order valence-electron chi connectivity index (χ2n) is 5.46. The van der Waals surface area contributed by atoms with Crippen LogP contribution in [0.15, 0.2) is 43.0 Å². The quantitative estimate of drug-likeness (QED) is 0.883. The van der Waals surface area contributed by atoms with E-state index in [2.05, 4.69) is 37.9 Å². The first-order valence-electron chi connectivity index (χ1n) is 6.89. The summed E-state index contributed by atoms with van der Waals surface area (Å²) in [5, 5.41) is 3.28. The van der Waals surface area contributed by atoms with Crippen LogP contribution < -0.4 is 10.2 Å². The second kappa shape index (κ2) is 6.00. The zero-order valence-electron chi connectivity index (χ0n) is 13.0.